The van der Waals surface area contributed by atoms with Crippen LogP contribution in [0, 0.1) is 29.2 Å². The molecular formula is C87H96F4N20O29P4. The lowest BCUT2D eigenvalue weighted by atomic mass is 10.1. The summed E-state index contributed by atoms with van der Waals surface area (Å²) in [4.78, 5) is 89.6. The predicted octanol–water partition coefficient (Wildman–Crippen LogP) is 11.7. The molecule has 17 rings (SSSR count). The van der Waals surface area contributed by atoms with Crippen LogP contribution in [-0.4, -0.2) is 168 Å². The van der Waals surface area contributed by atoms with Crippen molar-refractivity contribution < 1.29 is 134 Å². The lowest BCUT2D eigenvalue weighted by Gasteiger charge is -2.19. The number of imidazole rings is 4. The third-order valence-electron chi connectivity index (χ3n) is 20.6. The van der Waals surface area contributed by atoms with E-state index in [-0.39, 0.29) is 222 Å². The van der Waals surface area contributed by atoms with Crippen LogP contribution in [-0.2, 0) is 164 Å². The first-order chi connectivity index (χ1) is 69.1. The van der Waals surface area contributed by atoms with Crippen LogP contribution in [0.4, 0.5) is 41.4 Å². The number of H-pyrrole nitrogens is 4. The second kappa shape index (κ2) is 48.8. The fourth-order valence-corrected chi connectivity index (χ4v) is 18.7. The van der Waals surface area contributed by atoms with E-state index < -0.39 is 102 Å². The average Bonchev–Trinajstić information content (AvgIpc) is 1.66. The molecule has 57 heteroatoms. The number of aliphatic hydroxyl groups excluding tert-OH is 1. The Morgan fingerprint density at radius 3 is 1.01 bits per heavy atom. The molecule has 4 atom stereocenters. The van der Waals surface area contributed by atoms with Gasteiger partial charge in [0.15, 0.2) is 79.2 Å². The molecule has 144 heavy (non-hydrogen) atoms. The maximum Gasteiger partial charge on any atom is 0.356 e. The van der Waals surface area contributed by atoms with Gasteiger partial charge in [-0.15, -0.1) is 0 Å². The molecule has 4 aromatic carbocycles. The van der Waals surface area contributed by atoms with Gasteiger partial charge in [-0.2, -0.15) is 19.9 Å². The molecule has 1 aliphatic carbocycles. The normalized spacial score (nSPS) is 15.8. The highest BCUT2D eigenvalue weighted by Crippen LogP contribution is 2.54. The summed E-state index contributed by atoms with van der Waals surface area (Å²) in [6.07, 6.45) is 9.39. The lowest BCUT2D eigenvalue weighted by molar-refractivity contribution is 0.114. The van der Waals surface area contributed by atoms with Crippen molar-refractivity contribution in [2.24, 2.45) is 5.92 Å². The SMILES string of the molecule is C=C1OC(C)=C(COP(=O)(COCCn2cnc3c(=O)[nH]c(N)nc32)OCc2cccc(F)c2)O1.C=C1OC(CO)=C(COP(=O)(COCCn2cnc3c(=O)[nH]c(N)nc32)OCc2cccc(F)c2)O1.C=C1OC(COP(=O)(COCCn2cnc3c(=O)[nH]c(N)nc32)OCc2cccc(F)c2)=C(C2CCCC2)O1.C=C1OC=C(COP(=O)(COCCn2cnc3c(=O)[nH]c(N)nc32)OCc2cccc(F)c2)O1. The number of ether oxygens (including phenoxy) is 12. The highest BCUT2D eigenvalue weighted by molar-refractivity contribution is 7.54. The Bertz CT molecular complexity index is 7320. The highest BCUT2D eigenvalue weighted by Gasteiger charge is 2.37. The quantitative estimate of drug-likeness (QED) is 0.00972. The van der Waals surface area contributed by atoms with E-state index in [0.29, 0.717) is 50.9 Å². The molecule has 13 N–H and O–H groups in total. The molecule has 1 saturated carbocycles. The van der Waals surface area contributed by atoms with Crippen LogP contribution in [0.3, 0.4) is 0 Å². The number of aromatic nitrogens is 16. The molecule has 49 nitrogen and oxygen atoms in total. The molecule has 0 bridgehead atoms. The first-order valence-electron chi connectivity index (χ1n) is 43.3. The van der Waals surface area contributed by atoms with Crippen molar-refractivity contribution in [1.82, 2.24) is 78.1 Å². The lowest BCUT2D eigenvalue weighted by Crippen LogP contribution is -2.14. The van der Waals surface area contributed by atoms with Gasteiger partial charge >= 0.3 is 30.4 Å². The van der Waals surface area contributed by atoms with Gasteiger partial charge < -0.3 is 121 Å². The number of nitrogens with one attached hydrogen (secondary N) is 4. The molecule has 1 fully saturated rings. The summed E-state index contributed by atoms with van der Waals surface area (Å²) in [5.74, 6) is 0.554. The van der Waals surface area contributed by atoms with Crippen LogP contribution in [0.5, 0.6) is 0 Å². The second-order valence-corrected chi connectivity index (χ2v) is 39.2. The van der Waals surface area contributed by atoms with Crippen LogP contribution >= 0.6 is 30.4 Å². The minimum absolute atomic E-state index is 0.0253. The maximum absolute atomic E-state index is 13.7. The van der Waals surface area contributed by atoms with Crippen molar-refractivity contribution in [2.75, 3.05) is 108 Å². The Balaban J connectivity index is 0.000000152. The fraction of sp³-hybridized carbons (Fsp3) is 0.310. The summed E-state index contributed by atoms with van der Waals surface area (Å²) in [5, 5.41) is 9.37. The van der Waals surface area contributed by atoms with Gasteiger partial charge in [0.25, 0.3) is 46.0 Å². The zero-order chi connectivity index (χ0) is 102. The first kappa shape index (κ1) is 106. The van der Waals surface area contributed by atoms with Gasteiger partial charge in [0.1, 0.15) is 93.7 Å². The molecule has 8 aromatic heterocycles. The molecule has 0 saturated heterocycles. The Morgan fingerprint density at radius 1 is 0.396 bits per heavy atom. The van der Waals surface area contributed by atoms with Gasteiger partial charge in [0.2, 0.25) is 23.8 Å². The number of halogens is 4. The van der Waals surface area contributed by atoms with E-state index in [0.717, 1.165) is 25.7 Å². The predicted molar refractivity (Wildman–Crippen MR) is 502 cm³/mol. The van der Waals surface area contributed by atoms with E-state index in [1.54, 1.807) is 49.5 Å². The van der Waals surface area contributed by atoms with Gasteiger partial charge in [0.05, 0.1) is 78.2 Å². The summed E-state index contributed by atoms with van der Waals surface area (Å²) in [6, 6.07) is 22.8. The third-order valence-corrected chi connectivity index (χ3v) is 26.8. The average molecular weight is 2090 g/mol. The van der Waals surface area contributed by atoms with Crippen LogP contribution in [0.1, 0.15) is 54.9 Å². The monoisotopic (exact) mass is 2080 g/mol. The summed E-state index contributed by atoms with van der Waals surface area (Å²) in [6.45, 7) is 14.9. The summed E-state index contributed by atoms with van der Waals surface area (Å²) < 4.78 is 223. The number of allylic oxidation sites excluding steroid dienone is 2. The minimum Gasteiger partial charge on any atom is -0.431 e. The Kier molecular flexibility index (Phi) is 35.8. The Labute approximate surface area is 812 Å². The Hall–Kier alpha value is -14.1. The summed E-state index contributed by atoms with van der Waals surface area (Å²) in [5.41, 5.74) is 24.1. The number of nitrogen functional groups attached to an aromatic ring is 4. The highest BCUT2D eigenvalue weighted by atomic mass is 31.2. The van der Waals surface area contributed by atoms with E-state index in [1.165, 1.54) is 104 Å². The number of aliphatic hydroxyl groups is 1. The van der Waals surface area contributed by atoms with E-state index >= 15 is 0 Å². The van der Waals surface area contributed by atoms with Crippen LogP contribution in [0.15, 0.2) is 238 Å². The fourth-order valence-electron chi connectivity index (χ4n) is 13.8. The van der Waals surface area contributed by atoms with Crippen molar-refractivity contribution in [3.63, 3.8) is 0 Å². The largest absolute Gasteiger partial charge is 0.431 e. The zero-order valence-electron chi connectivity index (χ0n) is 76.6. The molecule has 4 unspecified atom stereocenters. The number of aromatic amines is 4. The maximum atomic E-state index is 13.7. The number of fused-ring (bicyclic) bond motifs is 4. The number of rotatable bonds is 46. The van der Waals surface area contributed by atoms with Crippen LogP contribution in [0.25, 0.3) is 44.7 Å². The van der Waals surface area contributed by atoms with Crippen molar-refractivity contribution >= 4 is 98.8 Å². The van der Waals surface area contributed by atoms with Crippen molar-refractivity contribution in [3.05, 3.63) is 306 Å². The van der Waals surface area contributed by atoms with Gasteiger partial charge in [-0.3, -0.25) is 75.5 Å². The number of nitrogens with zero attached hydrogens (tertiary/aromatic N) is 12. The summed E-state index contributed by atoms with van der Waals surface area (Å²) in [7, 11) is -15.4. The van der Waals surface area contributed by atoms with E-state index in [4.69, 9.17) is 116 Å². The van der Waals surface area contributed by atoms with Gasteiger partial charge in [0, 0.05) is 32.1 Å². The molecule has 0 amide bonds. The third kappa shape index (κ3) is 29.6. The standard InChI is InChI=1S/C25H29FN5O7P.C21H23FN5O8P.C21H23FN5O7P.C20H21FN5O7P/c1-16-37-20(22(38-16)18-6-2-3-7-18)13-36-39(33,35-12-17-5-4-8-19(26)11-17)15-34-10-9-31-14-28-21-23(31)29-25(27)30-24(21)32;1-13-34-16(8-28)17(35-13)10-33-36(30,32-9-14-3-2-4-15(22)7-14)12-31-6-5-27-11-24-18-19(27)25-21(23)26-20(18)29;1-13-17(34-14(2)33-13)10-32-35(29,31-9-15-4-3-5-16(22)8-15)12-30-7-6-27-11-24-18-19(27)25-21(23)26-20(18)28;1-13-30-9-16(33-13)10-32-34(28,31-8-14-3-2-4-15(21)7-14)12-29-6-5-26-11-23-17-18(26)24-20(22)25-19(17)27/h4-5,8,11,14,18H,1-3,6-7,9-10,12-13,15H2,(H3,27,29,30,32);2-4,7,11,28H,1,5-6,8-10,12H2,(H3,23,25,26,29);3-5,8,11H,2,6-7,9-10,12H2,1H3,(H3,23,25,26,28);2-4,7,9,11H,1,5-6,8,10,12H2,(H3,22,24,25,27). The van der Waals surface area contributed by atoms with Crippen molar-refractivity contribution in [3.8, 4) is 0 Å². The Morgan fingerprint density at radius 2 is 0.694 bits per heavy atom. The van der Waals surface area contributed by atoms with Crippen LogP contribution < -0.4 is 45.2 Å². The number of hydrogen-bond donors (Lipinski definition) is 9. The van der Waals surface area contributed by atoms with Crippen molar-refractivity contribution in [1.29, 1.82) is 0 Å². The van der Waals surface area contributed by atoms with Gasteiger partial charge in [-0.05, 0) is 117 Å². The molecule has 766 valence electrons. The van der Waals surface area contributed by atoms with E-state index in [9.17, 15) is 60.1 Å². The number of benzene rings is 4. The number of nitrogens with two attached hydrogens (primary N) is 4. The summed E-state index contributed by atoms with van der Waals surface area (Å²) >= 11 is 0. The first-order valence-corrected chi connectivity index (χ1v) is 50.3. The van der Waals surface area contributed by atoms with E-state index in [1.807, 2.05) is 0 Å². The number of hydrogen-bond acceptors (Lipinski definition) is 41. The zero-order valence-corrected chi connectivity index (χ0v) is 80.1. The minimum atomic E-state index is -3.92. The molecule has 12 aromatic rings. The smallest absolute Gasteiger partial charge is 0.356 e. The topological polar surface area (TPSA) is 631 Å². The molecular weight excluding hydrogens is 1990 g/mol. The molecule has 12 heterocycles. The molecule has 4 aliphatic heterocycles. The number of anilines is 4. The second-order valence-electron chi connectivity index (χ2n) is 31.2. The van der Waals surface area contributed by atoms with E-state index in [2.05, 4.69) is 86.1 Å². The molecule has 5 aliphatic rings. The van der Waals surface area contributed by atoms with Gasteiger partial charge in [-0.1, -0.05) is 61.4 Å². The van der Waals surface area contributed by atoms with Crippen molar-refractivity contribution in [2.45, 2.75) is 85.2 Å². The van der Waals surface area contributed by atoms with Crippen LogP contribution in [0.2, 0.25) is 0 Å². The van der Waals surface area contributed by atoms with Gasteiger partial charge in [-0.25, -0.2) is 37.5 Å². The molecule has 0 radical (unpaired) electrons. The molecule has 0 spiro atoms.